The molecule has 0 amide bonds. The molecule has 2 aromatic carbocycles. The Bertz CT molecular complexity index is 596. The highest BCUT2D eigenvalue weighted by molar-refractivity contribution is 6.32. The van der Waals surface area contributed by atoms with Gasteiger partial charge < -0.3 is 0 Å². The molecule has 0 spiro atoms. The summed E-state index contributed by atoms with van der Waals surface area (Å²) in [6.07, 6.45) is 0.0525. The molecular formula is C14H9Cl2FO. The average Bonchev–Trinajstić information content (AvgIpc) is 2.34. The minimum atomic E-state index is -0.409. The monoisotopic (exact) mass is 282 g/mol. The van der Waals surface area contributed by atoms with Gasteiger partial charge in [-0.2, -0.15) is 0 Å². The van der Waals surface area contributed by atoms with E-state index in [0.29, 0.717) is 21.2 Å². The maximum atomic E-state index is 13.1. The Morgan fingerprint density at radius 3 is 2.61 bits per heavy atom. The Labute approximate surface area is 114 Å². The molecule has 18 heavy (non-hydrogen) atoms. The van der Waals surface area contributed by atoms with Crippen molar-refractivity contribution < 1.29 is 9.18 Å². The van der Waals surface area contributed by atoms with Crippen molar-refractivity contribution in [3.05, 3.63) is 69.5 Å². The lowest BCUT2D eigenvalue weighted by molar-refractivity contribution is 0.0993. The second-order valence-electron chi connectivity index (χ2n) is 3.85. The van der Waals surface area contributed by atoms with Crippen LogP contribution >= 0.6 is 23.2 Å². The molecule has 0 aliphatic carbocycles. The molecule has 0 heterocycles. The third-order valence-corrected chi connectivity index (χ3v) is 3.11. The van der Waals surface area contributed by atoms with Crippen molar-refractivity contribution in [1.29, 1.82) is 0 Å². The zero-order valence-electron chi connectivity index (χ0n) is 9.29. The number of hydrogen-bond acceptors (Lipinski definition) is 1. The number of carbonyl (C=O) groups excluding carboxylic acids is 1. The van der Waals surface area contributed by atoms with Crippen LogP contribution in [0.25, 0.3) is 0 Å². The second-order valence-corrected chi connectivity index (χ2v) is 4.69. The Kier molecular flexibility index (Phi) is 4.00. The normalized spacial score (nSPS) is 10.4. The topological polar surface area (TPSA) is 17.1 Å². The first-order valence-corrected chi connectivity index (χ1v) is 6.04. The quantitative estimate of drug-likeness (QED) is 0.755. The molecule has 2 rings (SSSR count). The summed E-state index contributed by atoms with van der Waals surface area (Å²) in [5.74, 6) is -0.557. The minimum absolute atomic E-state index is 0.0525. The summed E-state index contributed by atoms with van der Waals surface area (Å²) in [4.78, 5) is 12.0. The first-order chi connectivity index (χ1) is 8.56. The standard InChI is InChI=1S/C14H9Cl2FO/c15-11-3-1-2-9(6-11)14(18)8-10-7-12(17)4-5-13(10)16/h1-7H,8H2. The van der Waals surface area contributed by atoms with Crippen LogP contribution in [0.15, 0.2) is 42.5 Å². The van der Waals surface area contributed by atoms with Crippen molar-refractivity contribution in [3.8, 4) is 0 Å². The molecule has 0 saturated heterocycles. The van der Waals surface area contributed by atoms with E-state index < -0.39 is 5.82 Å². The van der Waals surface area contributed by atoms with Gasteiger partial charge in [-0.15, -0.1) is 0 Å². The van der Waals surface area contributed by atoms with E-state index in [1.54, 1.807) is 24.3 Å². The molecule has 2 aromatic rings. The molecule has 92 valence electrons. The lowest BCUT2D eigenvalue weighted by Crippen LogP contribution is -2.04. The smallest absolute Gasteiger partial charge is 0.167 e. The zero-order chi connectivity index (χ0) is 13.1. The number of benzene rings is 2. The SMILES string of the molecule is O=C(Cc1cc(F)ccc1Cl)c1cccc(Cl)c1. The van der Waals surface area contributed by atoms with Crippen molar-refractivity contribution in [2.45, 2.75) is 6.42 Å². The van der Waals surface area contributed by atoms with Gasteiger partial charge in [0.15, 0.2) is 5.78 Å². The molecule has 0 aromatic heterocycles. The van der Waals surface area contributed by atoms with E-state index in [1.165, 1.54) is 18.2 Å². The van der Waals surface area contributed by atoms with Gasteiger partial charge in [-0.25, -0.2) is 4.39 Å². The van der Waals surface area contributed by atoms with E-state index in [2.05, 4.69) is 0 Å². The van der Waals surface area contributed by atoms with E-state index >= 15 is 0 Å². The number of hydrogen-bond donors (Lipinski definition) is 0. The summed E-state index contributed by atoms with van der Waals surface area (Å²) in [5, 5.41) is 0.873. The Balaban J connectivity index is 2.24. The van der Waals surface area contributed by atoms with Gasteiger partial charge in [0.2, 0.25) is 0 Å². The Hall–Kier alpha value is -1.38. The van der Waals surface area contributed by atoms with Crippen molar-refractivity contribution in [2.24, 2.45) is 0 Å². The van der Waals surface area contributed by atoms with Crippen LogP contribution in [0.2, 0.25) is 10.0 Å². The molecule has 0 unspecified atom stereocenters. The average molecular weight is 283 g/mol. The minimum Gasteiger partial charge on any atom is -0.294 e. The maximum absolute atomic E-state index is 13.1. The summed E-state index contributed by atoms with van der Waals surface area (Å²) in [6, 6.07) is 10.6. The summed E-state index contributed by atoms with van der Waals surface area (Å²) < 4.78 is 13.1. The van der Waals surface area contributed by atoms with Crippen molar-refractivity contribution in [1.82, 2.24) is 0 Å². The van der Waals surface area contributed by atoms with E-state index in [-0.39, 0.29) is 12.2 Å². The lowest BCUT2D eigenvalue weighted by Gasteiger charge is -2.04. The number of rotatable bonds is 3. The van der Waals surface area contributed by atoms with Gasteiger partial charge in [-0.3, -0.25) is 4.79 Å². The van der Waals surface area contributed by atoms with Gasteiger partial charge in [0.25, 0.3) is 0 Å². The first-order valence-electron chi connectivity index (χ1n) is 5.29. The van der Waals surface area contributed by atoms with Gasteiger partial charge in [0.1, 0.15) is 5.82 Å². The third kappa shape index (κ3) is 3.09. The van der Waals surface area contributed by atoms with Gasteiger partial charge >= 0.3 is 0 Å². The van der Waals surface area contributed by atoms with E-state index in [9.17, 15) is 9.18 Å². The lowest BCUT2D eigenvalue weighted by atomic mass is 10.0. The van der Waals surface area contributed by atoms with Gasteiger partial charge in [-0.1, -0.05) is 35.3 Å². The second kappa shape index (κ2) is 5.51. The van der Waals surface area contributed by atoms with Crippen molar-refractivity contribution in [3.63, 3.8) is 0 Å². The number of Topliss-reactive ketones (excluding diaryl/α,β-unsaturated/α-hetero) is 1. The van der Waals surface area contributed by atoms with Gasteiger partial charge in [0, 0.05) is 22.0 Å². The van der Waals surface area contributed by atoms with Crippen LogP contribution in [0.3, 0.4) is 0 Å². The highest BCUT2D eigenvalue weighted by Gasteiger charge is 2.10. The molecule has 0 radical (unpaired) electrons. The summed E-state index contributed by atoms with van der Waals surface area (Å²) in [6.45, 7) is 0. The van der Waals surface area contributed by atoms with Gasteiger partial charge in [0.05, 0.1) is 0 Å². The highest BCUT2D eigenvalue weighted by Crippen LogP contribution is 2.20. The molecule has 0 saturated carbocycles. The summed E-state index contributed by atoms with van der Waals surface area (Å²) in [7, 11) is 0. The van der Waals surface area contributed by atoms with Crippen LogP contribution in [0, 0.1) is 5.82 Å². The van der Waals surface area contributed by atoms with Gasteiger partial charge in [-0.05, 0) is 35.9 Å². The summed E-state index contributed by atoms with van der Waals surface area (Å²) >= 11 is 11.7. The van der Waals surface area contributed by atoms with Crippen LogP contribution in [-0.2, 0) is 6.42 Å². The molecular weight excluding hydrogens is 274 g/mol. The first kappa shape index (κ1) is 13.1. The fourth-order valence-corrected chi connectivity index (χ4v) is 1.99. The number of halogens is 3. The number of ketones is 1. The van der Waals surface area contributed by atoms with Crippen LogP contribution < -0.4 is 0 Å². The Morgan fingerprint density at radius 1 is 1.11 bits per heavy atom. The number of carbonyl (C=O) groups is 1. The zero-order valence-corrected chi connectivity index (χ0v) is 10.8. The summed E-state index contributed by atoms with van der Waals surface area (Å²) in [5.41, 5.74) is 0.962. The molecule has 0 aliphatic heterocycles. The van der Waals surface area contributed by atoms with Crippen LogP contribution in [0.4, 0.5) is 4.39 Å². The molecule has 0 bridgehead atoms. The third-order valence-electron chi connectivity index (χ3n) is 2.51. The molecule has 1 nitrogen and oxygen atoms in total. The van der Waals surface area contributed by atoms with Crippen LogP contribution in [0.5, 0.6) is 0 Å². The highest BCUT2D eigenvalue weighted by atomic mass is 35.5. The predicted octanol–water partition coefficient (Wildman–Crippen LogP) is 4.56. The maximum Gasteiger partial charge on any atom is 0.167 e. The van der Waals surface area contributed by atoms with Crippen LogP contribution in [-0.4, -0.2) is 5.78 Å². The predicted molar refractivity (Wildman–Crippen MR) is 70.9 cm³/mol. The van der Waals surface area contributed by atoms with E-state index in [1.807, 2.05) is 0 Å². The molecule has 0 fully saturated rings. The molecule has 0 N–H and O–H groups in total. The van der Waals surface area contributed by atoms with Crippen molar-refractivity contribution >= 4 is 29.0 Å². The fourth-order valence-electron chi connectivity index (χ4n) is 1.62. The molecule has 4 heteroatoms. The fraction of sp³-hybridized carbons (Fsp3) is 0.0714. The molecule has 0 atom stereocenters. The van der Waals surface area contributed by atoms with E-state index in [4.69, 9.17) is 23.2 Å². The van der Waals surface area contributed by atoms with Crippen molar-refractivity contribution in [2.75, 3.05) is 0 Å². The Morgan fingerprint density at radius 2 is 1.89 bits per heavy atom. The largest absolute Gasteiger partial charge is 0.294 e. The molecule has 0 aliphatic rings. The van der Waals surface area contributed by atoms with Crippen LogP contribution in [0.1, 0.15) is 15.9 Å². The van der Waals surface area contributed by atoms with E-state index in [0.717, 1.165) is 0 Å².